The molecular weight excluding hydrogens is 430 g/mol. The summed E-state index contributed by atoms with van der Waals surface area (Å²) in [4.78, 5) is 17.7. The van der Waals surface area contributed by atoms with E-state index in [2.05, 4.69) is 20.1 Å². The molecule has 4 heterocycles. The standard InChI is InChI=1S/C21H25N5O2S.CH2O2/c1-24-11-7-16-4-2-6-20(17(16)14-24)29(27,28)26-15-19(25-12-9-22-10-13-25)21-18(26)5-3-8-23-21;2-1-3/h2-6,8,15,22H,7,9-14H2,1H3;1H,(H,2,3). The lowest BCUT2D eigenvalue weighted by atomic mass is 10.0. The van der Waals surface area contributed by atoms with Gasteiger partial charge in [-0.1, -0.05) is 12.1 Å². The van der Waals surface area contributed by atoms with E-state index in [4.69, 9.17) is 9.90 Å². The fourth-order valence-electron chi connectivity index (χ4n) is 4.38. The molecule has 2 aliphatic rings. The summed E-state index contributed by atoms with van der Waals surface area (Å²) in [7, 11) is -1.71. The van der Waals surface area contributed by atoms with E-state index in [1.165, 1.54) is 3.97 Å². The number of likely N-dealkylation sites (N-methyl/N-ethyl adjacent to an activating group) is 1. The average Bonchev–Trinajstić information content (AvgIpc) is 3.20. The van der Waals surface area contributed by atoms with Gasteiger partial charge in [-0.3, -0.25) is 9.78 Å². The summed E-state index contributed by atoms with van der Waals surface area (Å²) >= 11 is 0. The lowest BCUT2D eigenvalue weighted by Gasteiger charge is -2.28. The lowest BCUT2D eigenvalue weighted by Crippen LogP contribution is -2.43. The second-order valence-corrected chi connectivity index (χ2v) is 9.69. The van der Waals surface area contributed by atoms with Crippen LogP contribution in [0, 0.1) is 0 Å². The SMILES string of the molecule is CN1CCc2cccc(S(=O)(=O)n3cc(N4CCNCC4)c4ncccc43)c2C1.O=CO. The highest BCUT2D eigenvalue weighted by atomic mass is 32.2. The van der Waals surface area contributed by atoms with Gasteiger partial charge in [0.25, 0.3) is 16.5 Å². The summed E-state index contributed by atoms with van der Waals surface area (Å²) in [6.07, 6.45) is 4.35. The van der Waals surface area contributed by atoms with Gasteiger partial charge >= 0.3 is 0 Å². The fourth-order valence-corrected chi connectivity index (χ4v) is 6.00. The van der Waals surface area contributed by atoms with E-state index in [9.17, 15) is 8.42 Å². The number of benzene rings is 1. The molecule has 0 atom stereocenters. The third-order valence-electron chi connectivity index (χ3n) is 5.92. The number of fused-ring (bicyclic) bond motifs is 2. The molecule has 0 amide bonds. The van der Waals surface area contributed by atoms with E-state index < -0.39 is 10.0 Å². The molecule has 32 heavy (non-hydrogen) atoms. The quantitative estimate of drug-likeness (QED) is 0.568. The van der Waals surface area contributed by atoms with E-state index >= 15 is 0 Å². The molecule has 1 fully saturated rings. The predicted octanol–water partition coefficient (Wildman–Crippen LogP) is 1.37. The van der Waals surface area contributed by atoms with Crippen LogP contribution in [0.15, 0.2) is 47.6 Å². The fraction of sp³-hybridized carbons (Fsp3) is 0.364. The van der Waals surface area contributed by atoms with Crippen molar-refractivity contribution in [2.24, 2.45) is 0 Å². The van der Waals surface area contributed by atoms with Crippen molar-refractivity contribution in [1.29, 1.82) is 0 Å². The molecule has 0 spiro atoms. The first-order valence-electron chi connectivity index (χ1n) is 10.5. The zero-order valence-corrected chi connectivity index (χ0v) is 18.8. The van der Waals surface area contributed by atoms with Gasteiger partial charge in [0.05, 0.1) is 16.1 Å². The second kappa shape index (κ2) is 9.27. The van der Waals surface area contributed by atoms with Crippen LogP contribution < -0.4 is 10.2 Å². The highest BCUT2D eigenvalue weighted by molar-refractivity contribution is 7.90. The van der Waals surface area contributed by atoms with Crippen LogP contribution in [-0.4, -0.2) is 73.6 Å². The number of anilines is 1. The Hall–Kier alpha value is -2.95. The first kappa shape index (κ1) is 22.3. The molecule has 0 unspecified atom stereocenters. The summed E-state index contributed by atoms with van der Waals surface area (Å²) in [5.41, 5.74) is 4.28. The molecule has 3 aromatic rings. The average molecular weight is 458 g/mol. The van der Waals surface area contributed by atoms with Crippen LogP contribution in [-0.2, 0) is 27.8 Å². The lowest BCUT2D eigenvalue weighted by molar-refractivity contribution is -0.122. The highest BCUT2D eigenvalue weighted by Gasteiger charge is 2.29. The van der Waals surface area contributed by atoms with Gasteiger partial charge in [0.1, 0.15) is 5.52 Å². The van der Waals surface area contributed by atoms with Gasteiger partial charge in [0, 0.05) is 51.7 Å². The van der Waals surface area contributed by atoms with Crippen LogP contribution in [0.3, 0.4) is 0 Å². The molecule has 5 rings (SSSR count). The number of piperazine rings is 1. The number of hydrogen-bond acceptors (Lipinski definition) is 7. The van der Waals surface area contributed by atoms with Crippen LogP contribution in [0.1, 0.15) is 11.1 Å². The van der Waals surface area contributed by atoms with Gasteiger partial charge in [-0.15, -0.1) is 0 Å². The molecule has 0 bridgehead atoms. The van der Waals surface area contributed by atoms with Crippen molar-refractivity contribution in [1.82, 2.24) is 19.2 Å². The van der Waals surface area contributed by atoms with Crippen molar-refractivity contribution in [3.63, 3.8) is 0 Å². The number of nitrogens with one attached hydrogen (secondary N) is 1. The van der Waals surface area contributed by atoms with Crippen LogP contribution in [0.25, 0.3) is 11.0 Å². The first-order chi connectivity index (χ1) is 15.5. The number of nitrogens with zero attached hydrogens (tertiary/aromatic N) is 4. The predicted molar refractivity (Wildman–Crippen MR) is 123 cm³/mol. The minimum atomic E-state index is -3.74. The van der Waals surface area contributed by atoms with Crippen LogP contribution in [0.4, 0.5) is 5.69 Å². The summed E-state index contributed by atoms with van der Waals surface area (Å²) < 4.78 is 29.0. The number of pyridine rings is 1. The van der Waals surface area contributed by atoms with E-state index in [1.807, 2.05) is 25.2 Å². The summed E-state index contributed by atoms with van der Waals surface area (Å²) in [5.74, 6) is 0. The Morgan fingerprint density at radius 1 is 1.12 bits per heavy atom. The van der Waals surface area contributed by atoms with Gasteiger partial charge in [0.2, 0.25) is 0 Å². The molecule has 1 aromatic carbocycles. The summed E-state index contributed by atoms with van der Waals surface area (Å²) in [6, 6.07) is 9.28. The third-order valence-corrected chi connectivity index (χ3v) is 7.68. The smallest absolute Gasteiger partial charge is 0.290 e. The molecule has 0 saturated carbocycles. The Kier molecular flexibility index (Phi) is 6.45. The number of rotatable bonds is 3. The first-order valence-corrected chi connectivity index (χ1v) is 12.0. The summed E-state index contributed by atoms with van der Waals surface area (Å²) in [5, 5.41) is 10.2. The zero-order valence-electron chi connectivity index (χ0n) is 17.9. The molecule has 2 aliphatic heterocycles. The molecule has 2 N–H and O–H groups in total. The maximum Gasteiger partial charge on any atom is 0.290 e. The molecule has 170 valence electrons. The van der Waals surface area contributed by atoms with Gasteiger partial charge in [-0.2, -0.15) is 0 Å². The van der Waals surface area contributed by atoms with Crippen molar-refractivity contribution < 1.29 is 18.3 Å². The molecule has 10 heteroatoms. The van der Waals surface area contributed by atoms with Gasteiger partial charge in [-0.25, -0.2) is 12.4 Å². The maximum atomic E-state index is 13.8. The summed E-state index contributed by atoms with van der Waals surface area (Å²) in [6.45, 7) is 4.77. The molecule has 2 aromatic heterocycles. The number of hydrogen-bond donors (Lipinski definition) is 2. The number of aromatic nitrogens is 2. The normalized spacial score (nSPS) is 16.8. The van der Waals surface area contributed by atoms with Crippen LogP contribution >= 0.6 is 0 Å². The van der Waals surface area contributed by atoms with Crippen molar-refractivity contribution in [3.05, 3.63) is 53.9 Å². The van der Waals surface area contributed by atoms with Gasteiger partial charge in [0.15, 0.2) is 0 Å². The van der Waals surface area contributed by atoms with Crippen molar-refractivity contribution in [2.45, 2.75) is 17.9 Å². The van der Waals surface area contributed by atoms with Crippen LogP contribution in [0.5, 0.6) is 0 Å². The zero-order chi connectivity index (χ0) is 22.7. The Morgan fingerprint density at radius 3 is 2.62 bits per heavy atom. The number of carbonyl (C=O) groups is 1. The Morgan fingerprint density at radius 2 is 1.88 bits per heavy atom. The van der Waals surface area contributed by atoms with Gasteiger partial charge in [-0.05, 0) is 42.8 Å². The second-order valence-electron chi connectivity index (χ2n) is 7.91. The highest BCUT2D eigenvalue weighted by Crippen LogP contribution is 2.33. The topological polar surface area (TPSA) is 108 Å². The number of carboxylic acid groups (broad SMARTS) is 1. The minimum absolute atomic E-state index is 0.250. The molecule has 0 radical (unpaired) electrons. The monoisotopic (exact) mass is 457 g/mol. The third kappa shape index (κ3) is 4.08. The van der Waals surface area contributed by atoms with E-state index in [1.54, 1.807) is 24.5 Å². The largest absolute Gasteiger partial charge is 0.483 e. The van der Waals surface area contributed by atoms with Crippen molar-refractivity contribution in [2.75, 3.05) is 44.7 Å². The Labute approximate surface area is 187 Å². The maximum absolute atomic E-state index is 13.8. The molecule has 1 saturated heterocycles. The van der Waals surface area contributed by atoms with E-state index in [0.717, 1.165) is 61.5 Å². The van der Waals surface area contributed by atoms with Crippen molar-refractivity contribution >= 4 is 33.2 Å². The van der Waals surface area contributed by atoms with Crippen LogP contribution in [0.2, 0.25) is 0 Å². The van der Waals surface area contributed by atoms with Gasteiger partial charge < -0.3 is 20.2 Å². The van der Waals surface area contributed by atoms with E-state index in [-0.39, 0.29) is 6.47 Å². The Balaban J connectivity index is 0.000000775. The molecule has 0 aliphatic carbocycles. The van der Waals surface area contributed by atoms with E-state index in [0.29, 0.717) is 17.0 Å². The molecule has 9 nitrogen and oxygen atoms in total. The minimum Gasteiger partial charge on any atom is -0.483 e. The van der Waals surface area contributed by atoms with Crippen molar-refractivity contribution in [3.8, 4) is 0 Å². The Bertz CT molecular complexity index is 1220. The molecular formula is C22H27N5O4S.